The molecule has 2 atom stereocenters. The number of nitrogens with zero attached hydrogens (tertiary/aromatic N) is 1. The van der Waals surface area contributed by atoms with Gasteiger partial charge >= 0.3 is 6.09 Å². The molecule has 1 saturated heterocycles. The van der Waals surface area contributed by atoms with Crippen molar-refractivity contribution in [3.05, 3.63) is 35.9 Å². The molecule has 0 spiro atoms. The lowest BCUT2D eigenvalue weighted by Crippen LogP contribution is -2.48. The van der Waals surface area contributed by atoms with Gasteiger partial charge in [-0.05, 0) is 43.0 Å². The molecule has 0 saturated carbocycles. The van der Waals surface area contributed by atoms with Crippen molar-refractivity contribution in [1.82, 2.24) is 4.90 Å². The van der Waals surface area contributed by atoms with Gasteiger partial charge in [-0.25, -0.2) is 4.79 Å². The van der Waals surface area contributed by atoms with Gasteiger partial charge in [0.2, 0.25) is 0 Å². The molecule has 5 heteroatoms. The molecule has 0 radical (unpaired) electrons. The molecule has 194 valence electrons. The molecule has 1 aliphatic heterocycles. The van der Waals surface area contributed by atoms with E-state index in [4.69, 9.17) is 9.16 Å². The van der Waals surface area contributed by atoms with E-state index in [9.17, 15) is 4.79 Å². The molecule has 0 aliphatic carbocycles. The Hall–Kier alpha value is -1.33. The van der Waals surface area contributed by atoms with Crippen LogP contribution in [0, 0.1) is 0 Å². The molecular weight excluding hydrogens is 438 g/mol. The summed E-state index contributed by atoms with van der Waals surface area (Å²) in [5, 5.41) is 0.167. The highest BCUT2D eigenvalue weighted by atomic mass is 28.4. The second-order valence-electron chi connectivity index (χ2n) is 11.7. The van der Waals surface area contributed by atoms with Crippen molar-refractivity contribution in [3.8, 4) is 0 Å². The maximum Gasteiger partial charge on any atom is 0.410 e. The van der Waals surface area contributed by atoms with Crippen LogP contribution in [0.15, 0.2) is 30.3 Å². The fourth-order valence-corrected chi connectivity index (χ4v) is 5.58. The van der Waals surface area contributed by atoms with E-state index in [1.807, 2.05) is 35.2 Å². The summed E-state index contributed by atoms with van der Waals surface area (Å²) < 4.78 is 12.3. The molecule has 2 rings (SSSR count). The molecule has 0 unspecified atom stereocenters. The van der Waals surface area contributed by atoms with Crippen LogP contribution in [0.5, 0.6) is 0 Å². The second-order valence-corrected chi connectivity index (χ2v) is 16.5. The van der Waals surface area contributed by atoms with Gasteiger partial charge in [0, 0.05) is 6.04 Å². The second kappa shape index (κ2) is 14.3. The van der Waals surface area contributed by atoms with E-state index in [2.05, 4.69) is 40.8 Å². The van der Waals surface area contributed by atoms with Crippen LogP contribution in [0.2, 0.25) is 18.1 Å². The van der Waals surface area contributed by atoms with Crippen LogP contribution in [0.1, 0.15) is 104 Å². The number of unbranched alkanes of at least 4 members (excludes halogenated alkanes) is 7. The van der Waals surface area contributed by atoms with Gasteiger partial charge in [0.15, 0.2) is 8.32 Å². The third kappa shape index (κ3) is 9.37. The number of hydrogen-bond donors (Lipinski definition) is 0. The van der Waals surface area contributed by atoms with Crippen LogP contribution in [-0.4, -0.2) is 38.0 Å². The van der Waals surface area contributed by atoms with Crippen molar-refractivity contribution in [3.63, 3.8) is 0 Å². The van der Waals surface area contributed by atoms with Crippen LogP contribution < -0.4 is 0 Å². The van der Waals surface area contributed by atoms with Crippen molar-refractivity contribution in [1.29, 1.82) is 0 Å². The normalized spacial score (nSPS) is 18.9. The van der Waals surface area contributed by atoms with Crippen molar-refractivity contribution >= 4 is 14.4 Å². The van der Waals surface area contributed by atoms with Gasteiger partial charge < -0.3 is 9.16 Å². The van der Waals surface area contributed by atoms with Crippen molar-refractivity contribution in [2.75, 3.05) is 6.61 Å². The standard InChI is InChI=1S/C29H51NO3Si/c1-7-8-9-10-11-12-13-17-20-26-21-22-27(24-33-34(5,6)29(2,3)4)30(26)28(31)32-23-25-18-15-14-16-19-25/h14-16,18-19,26-27H,7-13,17,20-24H2,1-6H3/t26-,27-/m0/s1. The molecule has 1 fully saturated rings. The zero-order valence-electron chi connectivity index (χ0n) is 22.9. The third-order valence-corrected chi connectivity index (χ3v) is 12.4. The first-order chi connectivity index (χ1) is 16.2. The summed E-state index contributed by atoms with van der Waals surface area (Å²) in [6, 6.07) is 10.4. The first kappa shape index (κ1) is 28.9. The lowest BCUT2D eigenvalue weighted by Gasteiger charge is -2.38. The van der Waals surface area contributed by atoms with Gasteiger partial charge in [-0.2, -0.15) is 0 Å². The van der Waals surface area contributed by atoms with Crippen molar-refractivity contribution in [2.45, 2.75) is 135 Å². The summed E-state index contributed by atoms with van der Waals surface area (Å²) in [5.41, 5.74) is 1.03. The Balaban J connectivity index is 1.92. The first-order valence-corrected chi connectivity index (χ1v) is 16.7. The van der Waals surface area contributed by atoms with Gasteiger partial charge in [0.1, 0.15) is 6.61 Å². The molecule has 1 aliphatic rings. The Kier molecular flexibility index (Phi) is 12.1. The molecule has 1 aromatic rings. The summed E-state index contributed by atoms with van der Waals surface area (Å²) in [6.07, 6.45) is 13.5. The molecule has 0 bridgehead atoms. The van der Waals surface area contributed by atoms with Gasteiger partial charge in [-0.1, -0.05) is 109 Å². The molecule has 0 aromatic heterocycles. The molecule has 0 N–H and O–H groups in total. The summed E-state index contributed by atoms with van der Waals surface area (Å²) in [5.74, 6) is 0. The predicted molar refractivity (Wildman–Crippen MR) is 146 cm³/mol. The van der Waals surface area contributed by atoms with Gasteiger partial charge in [-0.15, -0.1) is 0 Å². The molecule has 1 heterocycles. The Morgan fingerprint density at radius 1 is 0.941 bits per heavy atom. The molecular formula is C29H51NO3Si. The fraction of sp³-hybridized carbons (Fsp3) is 0.759. The van der Waals surface area contributed by atoms with E-state index in [0.29, 0.717) is 13.2 Å². The summed E-state index contributed by atoms with van der Waals surface area (Å²) in [4.78, 5) is 15.3. The minimum atomic E-state index is -1.86. The number of hydrogen-bond acceptors (Lipinski definition) is 3. The summed E-state index contributed by atoms with van der Waals surface area (Å²) in [7, 11) is -1.86. The van der Waals surface area contributed by atoms with Crippen LogP contribution in [0.3, 0.4) is 0 Å². The zero-order chi connectivity index (χ0) is 25.0. The Bertz CT molecular complexity index is 701. The number of carbonyl (C=O) groups is 1. The maximum atomic E-state index is 13.3. The lowest BCUT2D eigenvalue weighted by atomic mass is 10.0. The minimum absolute atomic E-state index is 0.122. The number of carbonyl (C=O) groups excluding carboxylic acids is 1. The van der Waals surface area contributed by atoms with Crippen LogP contribution in [0.4, 0.5) is 4.79 Å². The molecule has 4 nitrogen and oxygen atoms in total. The van der Waals surface area contributed by atoms with Crippen LogP contribution >= 0.6 is 0 Å². The Morgan fingerprint density at radius 3 is 2.15 bits per heavy atom. The maximum absolute atomic E-state index is 13.3. The molecule has 1 aromatic carbocycles. The minimum Gasteiger partial charge on any atom is -0.445 e. The van der Waals surface area contributed by atoms with E-state index < -0.39 is 8.32 Å². The van der Waals surface area contributed by atoms with Crippen LogP contribution in [-0.2, 0) is 15.8 Å². The molecule has 1 amide bonds. The topological polar surface area (TPSA) is 38.8 Å². The first-order valence-electron chi connectivity index (χ1n) is 13.8. The van der Waals surface area contributed by atoms with Gasteiger partial charge in [0.05, 0.1) is 12.6 Å². The van der Waals surface area contributed by atoms with Crippen molar-refractivity contribution in [2.24, 2.45) is 0 Å². The van der Waals surface area contributed by atoms with E-state index in [1.54, 1.807) is 0 Å². The van der Waals surface area contributed by atoms with Gasteiger partial charge in [-0.3, -0.25) is 4.90 Å². The highest BCUT2D eigenvalue weighted by Crippen LogP contribution is 2.38. The number of rotatable bonds is 14. The highest BCUT2D eigenvalue weighted by molar-refractivity contribution is 6.74. The van der Waals surface area contributed by atoms with E-state index in [0.717, 1.165) is 24.8 Å². The zero-order valence-corrected chi connectivity index (χ0v) is 23.9. The predicted octanol–water partition coefficient (Wildman–Crippen LogP) is 8.71. The average molecular weight is 490 g/mol. The number of amides is 1. The Labute approximate surface area is 210 Å². The molecule has 34 heavy (non-hydrogen) atoms. The number of likely N-dealkylation sites (tertiary alicyclic amines) is 1. The quantitative estimate of drug-likeness (QED) is 0.194. The number of benzene rings is 1. The van der Waals surface area contributed by atoms with Crippen LogP contribution in [0.25, 0.3) is 0 Å². The third-order valence-electron chi connectivity index (χ3n) is 7.87. The average Bonchev–Trinajstić information content (AvgIpc) is 3.20. The Morgan fingerprint density at radius 2 is 1.53 bits per heavy atom. The fourth-order valence-electron chi connectivity index (χ4n) is 4.54. The lowest BCUT2D eigenvalue weighted by molar-refractivity contribution is 0.0644. The summed E-state index contributed by atoms with van der Waals surface area (Å²) in [6.45, 7) is 14.6. The monoisotopic (exact) mass is 489 g/mol. The van der Waals surface area contributed by atoms with Gasteiger partial charge in [0.25, 0.3) is 0 Å². The number of ether oxygens (including phenoxy) is 1. The summed E-state index contributed by atoms with van der Waals surface area (Å²) >= 11 is 0. The SMILES string of the molecule is CCCCCCCCCC[C@H]1CC[C@@H](CO[Si](C)(C)C(C)(C)C)N1C(=O)OCc1ccccc1. The van der Waals surface area contributed by atoms with E-state index in [-0.39, 0.29) is 23.2 Å². The smallest absolute Gasteiger partial charge is 0.410 e. The van der Waals surface area contributed by atoms with E-state index in [1.165, 1.54) is 51.4 Å². The van der Waals surface area contributed by atoms with E-state index >= 15 is 0 Å². The van der Waals surface area contributed by atoms with Crippen molar-refractivity contribution < 1.29 is 14.0 Å². The highest BCUT2D eigenvalue weighted by Gasteiger charge is 2.41. The largest absolute Gasteiger partial charge is 0.445 e.